The van der Waals surface area contributed by atoms with Gasteiger partial charge in [0.15, 0.2) is 0 Å². The van der Waals surface area contributed by atoms with E-state index in [0.29, 0.717) is 6.61 Å². The van der Waals surface area contributed by atoms with Crippen molar-refractivity contribution < 1.29 is 4.74 Å². The SMILES string of the molecule is CCNCc1cccc(OCc2cc(C)ccc2C)c1. The average molecular weight is 269 g/mol. The van der Waals surface area contributed by atoms with Crippen LogP contribution in [-0.2, 0) is 13.2 Å². The molecule has 0 radical (unpaired) electrons. The summed E-state index contributed by atoms with van der Waals surface area (Å²) < 4.78 is 5.92. The molecule has 0 heterocycles. The lowest BCUT2D eigenvalue weighted by Crippen LogP contribution is -2.11. The predicted molar refractivity (Wildman–Crippen MR) is 84.1 cm³/mol. The van der Waals surface area contributed by atoms with Gasteiger partial charge in [-0.15, -0.1) is 0 Å². The van der Waals surface area contributed by atoms with Gasteiger partial charge in [0.2, 0.25) is 0 Å². The van der Waals surface area contributed by atoms with Gasteiger partial charge < -0.3 is 10.1 Å². The molecule has 2 rings (SSSR count). The van der Waals surface area contributed by atoms with Crippen molar-refractivity contribution in [3.05, 3.63) is 64.7 Å². The van der Waals surface area contributed by atoms with Gasteiger partial charge in [-0.3, -0.25) is 0 Å². The first-order valence-corrected chi connectivity index (χ1v) is 7.17. The monoisotopic (exact) mass is 269 g/mol. The first-order chi connectivity index (χ1) is 9.69. The molecule has 1 N–H and O–H groups in total. The highest BCUT2D eigenvalue weighted by atomic mass is 16.5. The minimum atomic E-state index is 0.623. The molecule has 0 unspecified atom stereocenters. The van der Waals surface area contributed by atoms with E-state index in [-0.39, 0.29) is 0 Å². The van der Waals surface area contributed by atoms with E-state index in [2.05, 4.69) is 56.4 Å². The largest absolute Gasteiger partial charge is 0.489 e. The van der Waals surface area contributed by atoms with Crippen LogP contribution in [0.2, 0.25) is 0 Å². The summed E-state index contributed by atoms with van der Waals surface area (Å²) >= 11 is 0. The Kier molecular flexibility index (Phi) is 5.19. The molecule has 0 atom stereocenters. The van der Waals surface area contributed by atoms with Gasteiger partial charge in [0.05, 0.1) is 0 Å². The maximum Gasteiger partial charge on any atom is 0.120 e. The lowest BCUT2D eigenvalue weighted by Gasteiger charge is -2.11. The fraction of sp³-hybridized carbons (Fsp3) is 0.333. The van der Waals surface area contributed by atoms with Gasteiger partial charge in [-0.25, -0.2) is 0 Å². The summed E-state index contributed by atoms with van der Waals surface area (Å²) in [4.78, 5) is 0. The molecule has 0 spiro atoms. The molecule has 2 aromatic carbocycles. The van der Waals surface area contributed by atoms with E-state index >= 15 is 0 Å². The zero-order valence-electron chi connectivity index (χ0n) is 12.6. The van der Waals surface area contributed by atoms with Crippen molar-refractivity contribution in [2.45, 2.75) is 33.9 Å². The van der Waals surface area contributed by atoms with Crippen LogP contribution >= 0.6 is 0 Å². The third-order valence-electron chi connectivity index (χ3n) is 3.38. The number of nitrogens with one attached hydrogen (secondary N) is 1. The number of aryl methyl sites for hydroxylation is 2. The van der Waals surface area contributed by atoms with Gasteiger partial charge >= 0.3 is 0 Å². The van der Waals surface area contributed by atoms with Gasteiger partial charge in [-0.1, -0.05) is 42.8 Å². The Morgan fingerprint density at radius 1 is 1.05 bits per heavy atom. The Morgan fingerprint density at radius 3 is 2.70 bits per heavy atom. The van der Waals surface area contributed by atoms with Gasteiger partial charge in [-0.05, 0) is 49.2 Å². The Labute approximate surface area is 121 Å². The van der Waals surface area contributed by atoms with Crippen molar-refractivity contribution in [2.24, 2.45) is 0 Å². The van der Waals surface area contributed by atoms with Crippen molar-refractivity contribution in [2.75, 3.05) is 6.54 Å². The van der Waals surface area contributed by atoms with Crippen molar-refractivity contribution in [1.29, 1.82) is 0 Å². The smallest absolute Gasteiger partial charge is 0.120 e. The first kappa shape index (κ1) is 14.6. The lowest BCUT2D eigenvalue weighted by atomic mass is 10.1. The van der Waals surface area contributed by atoms with Crippen molar-refractivity contribution in [3.63, 3.8) is 0 Å². The molecule has 0 bridgehead atoms. The van der Waals surface area contributed by atoms with Crippen molar-refractivity contribution in [3.8, 4) is 5.75 Å². The summed E-state index contributed by atoms with van der Waals surface area (Å²) in [5.74, 6) is 0.932. The Bertz CT molecular complexity index is 563. The molecule has 0 aliphatic heterocycles. The number of ether oxygens (including phenoxy) is 1. The van der Waals surface area contributed by atoms with Gasteiger partial charge in [0, 0.05) is 6.54 Å². The molecule has 2 heteroatoms. The van der Waals surface area contributed by atoms with E-state index in [1.165, 1.54) is 22.3 Å². The van der Waals surface area contributed by atoms with E-state index in [0.717, 1.165) is 18.8 Å². The number of rotatable bonds is 6. The zero-order valence-corrected chi connectivity index (χ0v) is 12.6. The minimum absolute atomic E-state index is 0.623. The van der Waals surface area contributed by atoms with Crippen molar-refractivity contribution >= 4 is 0 Å². The Morgan fingerprint density at radius 2 is 1.90 bits per heavy atom. The quantitative estimate of drug-likeness (QED) is 0.856. The highest BCUT2D eigenvalue weighted by molar-refractivity contribution is 5.32. The summed E-state index contributed by atoms with van der Waals surface area (Å²) in [7, 11) is 0. The minimum Gasteiger partial charge on any atom is -0.489 e. The van der Waals surface area contributed by atoms with Crippen LogP contribution in [0.5, 0.6) is 5.75 Å². The maximum atomic E-state index is 5.92. The standard InChI is InChI=1S/C18H23NO/c1-4-19-12-16-6-5-7-18(11-16)20-13-17-10-14(2)8-9-15(17)3/h5-11,19H,4,12-13H2,1-3H3. The van der Waals surface area contributed by atoms with Crippen LogP contribution in [0.15, 0.2) is 42.5 Å². The second kappa shape index (κ2) is 7.11. The summed E-state index contributed by atoms with van der Waals surface area (Å²) in [6.07, 6.45) is 0. The molecular weight excluding hydrogens is 246 g/mol. The molecule has 0 saturated heterocycles. The fourth-order valence-corrected chi connectivity index (χ4v) is 2.13. The maximum absolute atomic E-state index is 5.92. The van der Waals surface area contributed by atoms with E-state index in [1.54, 1.807) is 0 Å². The number of hydrogen-bond donors (Lipinski definition) is 1. The molecule has 0 saturated carbocycles. The predicted octanol–water partition coefficient (Wildman–Crippen LogP) is 3.99. The molecule has 2 aromatic rings. The van der Waals surface area contributed by atoms with E-state index in [4.69, 9.17) is 4.74 Å². The molecular formula is C18H23NO. The Hall–Kier alpha value is -1.80. The van der Waals surface area contributed by atoms with E-state index in [9.17, 15) is 0 Å². The van der Waals surface area contributed by atoms with Gasteiger partial charge in [0.25, 0.3) is 0 Å². The van der Waals surface area contributed by atoms with Crippen LogP contribution in [0.1, 0.15) is 29.2 Å². The molecule has 0 aliphatic rings. The van der Waals surface area contributed by atoms with Gasteiger partial charge in [0.1, 0.15) is 12.4 Å². The van der Waals surface area contributed by atoms with Crippen LogP contribution in [0.25, 0.3) is 0 Å². The average Bonchev–Trinajstić information content (AvgIpc) is 2.46. The number of hydrogen-bond acceptors (Lipinski definition) is 2. The number of benzene rings is 2. The zero-order chi connectivity index (χ0) is 14.4. The normalized spacial score (nSPS) is 10.6. The highest BCUT2D eigenvalue weighted by Gasteiger charge is 2.01. The molecule has 0 fully saturated rings. The summed E-state index contributed by atoms with van der Waals surface area (Å²) in [6.45, 7) is 8.84. The van der Waals surface area contributed by atoms with Gasteiger partial charge in [-0.2, -0.15) is 0 Å². The molecule has 2 nitrogen and oxygen atoms in total. The van der Waals surface area contributed by atoms with E-state index < -0.39 is 0 Å². The summed E-state index contributed by atoms with van der Waals surface area (Å²) in [5.41, 5.74) is 5.06. The molecule has 0 amide bonds. The van der Waals surface area contributed by atoms with Crippen LogP contribution in [0.3, 0.4) is 0 Å². The van der Waals surface area contributed by atoms with Crippen LogP contribution in [-0.4, -0.2) is 6.54 Å². The Balaban J connectivity index is 2.01. The molecule has 106 valence electrons. The van der Waals surface area contributed by atoms with Crippen molar-refractivity contribution in [1.82, 2.24) is 5.32 Å². The van der Waals surface area contributed by atoms with Crippen LogP contribution in [0.4, 0.5) is 0 Å². The third-order valence-corrected chi connectivity index (χ3v) is 3.38. The lowest BCUT2D eigenvalue weighted by molar-refractivity contribution is 0.305. The second-order valence-electron chi connectivity index (χ2n) is 5.15. The second-order valence-corrected chi connectivity index (χ2v) is 5.15. The summed E-state index contributed by atoms with van der Waals surface area (Å²) in [5, 5.41) is 3.33. The highest BCUT2D eigenvalue weighted by Crippen LogP contribution is 2.17. The van der Waals surface area contributed by atoms with Crippen LogP contribution < -0.4 is 10.1 Å². The van der Waals surface area contributed by atoms with Crippen LogP contribution in [0, 0.1) is 13.8 Å². The fourth-order valence-electron chi connectivity index (χ4n) is 2.13. The third kappa shape index (κ3) is 4.10. The first-order valence-electron chi connectivity index (χ1n) is 7.17. The molecule has 0 aromatic heterocycles. The molecule has 20 heavy (non-hydrogen) atoms. The molecule has 0 aliphatic carbocycles. The topological polar surface area (TPSA) is 21.3 Å². The summed E-state index contributed by atoms with van der Waals surface area (Å²) in [6, 6.07) is 14.8. The van der Waals surface area contributed by atoms with E-state index in [1.807, 2.05) is 12.1 Å².